The number of aromatic nitrogens is 1. The molecule has 0 bridgehead atoms. The summed E-state index contributed by atoms with van der Waals surface area (Å²) < 4.78 is 38.2. The number of nitrogens with one attached hydrogen (secondary N) is 1. The Morgan fingerprint density at radius 1 is 1.19 bits per heavy atom. The van der Waals surface area contributed by atoms with Gasteiger partial charge in [0.2, 0.25) is 0 Å². The van der Waals surface area contributed by atoms with Crippen molar-refractivity contribution in [2.75, 3.05) is 6.61 Å². The van der Waals surface area contributed by atoms with Crippen molar-refractivity contribution in [1.82, 2.24) is 10.3 Å². The molecule has 0 aliphatic rings. The number of carbonyl (C=O) groups excluding carboxylic acids is 1. The topological polar surface area (TPSA) is 62.2 Å². The summed E-state index contributed by atoms with van der Waals surface area (Å²) in [5, 5.41) is 12.4. The summed E-state index contributed by atoms with van der Waals surface area (Å²) in [4.78, 5) is 16.5. The highest BCUT2D eigenvalue weighted by atomic mass is 19.4. The molecular weight excluding hydrogens is 357 g/mol. The van der Waals surface area contributed by atoms with Crippen molar-refractivity contribution in [3.8, 4) is 11.1 Å². The lowest BCUT2D eigenvalue weighted by molar-refractivity contribution is -0.137. The summed E-state index contributed by atoms with van der Waals surface area (Å²) in [6, 6.07) is 11.5. The molecule has 7 heteroatoms. The first-order valence-corrected chi connectivity index (χ1v) is 8.27. The van der Waals surface area contributed by atoms with Crippen LogP contribution >= 0.6 is 0 Å². The zero-order valence-corrected chi connectivity index (χ0v) is 14.4. The van der Waals surface area contributed by atoms with Crippen molar-refractivity contribution in [3.63, 3.8) is 0 Å². The van der Waals surface area contributed by atoms with Crippen LogP contribution in [0, 0.1) is 0 Å². The maximum Gasteiger partial charge on any atom is 0.416 e. The zero-order valence-electron chi connectivity index (χ0n) is 14.4. The second-order valence-electron chi connectivity index (χ2n) is 6.23. The van der Waals surface area contributed by atoms with Crippen molar-refractivity contribution in [1.29, 1.82) is 0 Å². The van der Waals surface area contributed by atoms with Crippen LogP contribution in [0.3, 0.4) is 0 Å². The van der Waals surface area contributed by atoms with E-state index >= 15 is 0 Å². The lowest BCUT2D eigenvalue weighted by Gasteiger charge is -2.12. The SMILES string of the molecule is C[C@H](CO)NC(=O)c1cnc2c(-c3ccc(C(F)(F)F)cc3)cccc2c1. The Kier molecular flexibility index (Phi) is 5.14. The standard InChI is InChI=1S/C20H17F3N2O2/c1-12(11-26)25-19(27)15-9-14-3-2-4-17(18(14)24-10-15)13-5-7-16(8-6-13)20(21,22)23/h2-10,12,26H,11H2,1H3,(H,25,27)/t12-/m1/s1. The number of halogens is 3. The van der Waals surface area contributed by atoms with Crippen molar-refractivity contribution >= 4 is 16.8 Å². The van der Waals surface area contributed by atoms with Gasteiger partial charge in [-0.25, -0.2) is 0 Å². The molecule has 4 nitrogen and oxygen atoms in total. The van der Waals surface area contributed by atoms with E-state index in [4.69, 9.17) is 5.11 Å². The number of para-hydroxylation sites is 1. The Bertz CT molecular complexity index is 969. The van der Waals surface area contributed by atoms with Gasteiger partial charge in [-0.2, -0.15) is 13.2 Å². The second-order valence-corrected chi connectivity index (χ2v) is 6.23. The number of nitrogens with zero attached hydrogens (tertiary/aromatic N) is 1. The maximum absolute atomic E-state index is 12.7. The Hall–Kier alpha value is -2.93. The predicted octanol–water partition coefficient (Wildman–Crippen LogP) is 4.03. The van der Waals surface area contributed by atoms with E-state index in [9.17, 15) is 18.0 Å². The fourth-order valence-electron chi connectivity index (χ4n) is 2.71. The minimum Gasteiger partial charge on any atom is -0.394 e. The Morgan fingerprint density at radius 3 is 2.52 bits per heavy atom. The molecule has 2 aromatic carbocycles. The molecule has 140 valence electrons. The molecule has 2 N–H and O–H groups in total. The van der Waals surface area contributed by atoms with Crippen LogP contribution < -0.4 is 5.32 Å². The number of hydrogen-bond acceptors (Lipinski definition) is 3. The van der Waals surface area contributed by atoms with Gasteiger partial charge in [0.05, 0.1) is 23.3 Å². The van der Waals surface area contributed by atoms with E-state index in [1.165, 1.54) is 18.3 Å². The molecule has 1 atom stereocenters. The number of benzene rings is 2. The van der Waals surface area contributed by atoms with Gasteiger partial charge < -0.3 is 10.4 Å². The summed E-state index contributed by atoms with van der Waals surface area (Å²) >= 11 is 0. The van der Waals surface area contributed by atoms with Gasteiger partial charge in [-0.05, 0) is 30.7 Å². The molecule has 0 saturated carbocycles. The molecule has 27 heavy (non-hydrogen) atoms. The van der Waals surface area contributed by atoms with Crippen LogP contribution in [0.15, 0.2) is 54.7 Å². The first-order chi connectivity index (χ1) is 12.8. The van der Waals surface area contributed by atoms with Gasteiger partial charge >= 0.3 is 6.18 Å². The fraction of sp³-hybridized carbons (Fsp3) is 0.200. The van der Waals surface area contributed by atoms with Gasteiger partial charge in [0.15, 0.2) is 0 Å². The van der Waals surface area contributed by atoms with E-state index in [1.807, 2.05) is 0 Å². The van der Waals surface area contributed by atoms with E-state index in [1.54, 1.807) is 31.2 Å². The summed E-state index contributed by atoms with van der Waals surface area (Å²) in [5.41, 5.74) is 1.50. The molecule has 0 spiro atoms. The average Bonchev–Trinajstić information content (AvgIpc) is 2.66. The third-order valence-corrected chi connectivity index (χ3v) is 4.15. The molecule has 0 aliphatic heterocycles. The molecule has 0 unspecified atom stereocenters. The number of fused-ring (bicyclic) bond motifs is 1. The summed E-state index contributed by atoms with van der Waals surface area (Å²) in [6.07, 6.45) is -2.97. The minimum absolute atomic E-state index is 0.176. The Balaban J connectivity index is 1.97. The maximum atomic E-state index is 12.7. The van der Waals surface area contributed by atoms with Crippen LogP contribution in [0.4, 0.5) is 13.2 Å². The summed E-state index contributed by atoms with van der Waals surface area (Å²) in [5.74, 6) is -0.356. The summed E-state index contributed by atoms with van der Waals surface area (Å²) in [6.45, 7) is 1.50. The van der Waals surface area contributed by atoms with Gasteiger partial charge in [-0.3, -0.25) is 9.78 Å². The number of amides is 1. The molecule has 3 aromatic rings. The van der Waals surface area contributed by atoms with Crippen molar-refractivity contribution in [3.05, 3.63) is 65.9 Å². The van der Waals surface area contributed by atoms with Gasteiger partial charge in [0, 0.05) is 23.2 Å². The number of carbonyl (C=O) groups is 1. The van der Waals surface area contributed by atoms with Crippen molar-refractivity contribution in [2.45, 2.75) is 19.1 Å². The molecule has 1 aromatic heterocycles. The fourth-order valence-corrected chi connectivity index (χ4v) is 2.71. The molecule has 1 amide bonds. The highest BCUT2D eigenvalue weighted by Gasteiger charge is 2.30. The zero-order chi connectivity index (χ0) is 19.6. The molecule has 0 saturated heterocycles. The van der Waals surface area contributed by atoms with Crippen molar-refractivity contribution in [2.24, 2.45) is 0 Å². The third-order valence-electron chi connectivity index (χ3n) is 4.15. The quantitative estimate of drug-likeness (QED) is 0.725. The first kappa shape index (κ1) is 18.8. The average molecular weight is 374 g/mol. The molecule has 1 heterocycles. The van der Waals surface area contributed by atoms with Gasteiger partial charge in [0.1, 0.15) is 0 Å². The smallest absolute Gasteiger partial charge is 0.394 e. The Morgan fingerprint density at radius 2 is 1.89 bits per heavy atom. The molecule has 0 aliphatic carbocycles. The number of aliphatic hydroxyl groups is 1. The van der Waals surface area contributed by atoms with Crippen LogP contribution in [-0.4, -0.2) is 28.6 Å². The number of pyridine rings is 1. The summed E-state index contributed by atoms with van der Waals surface area (Å²) in [7, 11) is 0. The second kappa shape index (κ2) is 7.36. The third kappa shape index (κ3) is 4.09. The van der Waals surface area contributed by atoms with E-state index in [-0.39, 0.29) is 18.6 Å². The van der Waals surface area contributed by atoms with Crippen LogP contribution in [0.5, 0.6) is 0 Å². The van der Waals surface area contributed by atoms with E-state index in [2.05, 4.69) is 10.3 Å². The molecule has 3 rings (SSSR count). The van der Waals surface area contributed by atoms with Crippen LogP contribution in [-0.2, 0) is 6.18 Å². The molecule has 0 radical (unpaired) electrons. The van der Waals surface area contributed by atoms with Gasteiger partial charge in [-0.1, -0.05) is 30.3 Å². The number of alkyl halides is 3. The molecule has 0 fully saturated rings. The van der Waals surface area contributed by atoms with E-state index in [0.717, 1.165) is 12.1 Å². The minimum atomic E-state index is -4.39. The molecular formula is C20H17F3N2O2. The number of aliphatic hydroxyl groups excluding tert-OH is 1. The van der Waals surface area contributed by atoms with E-state index < -0.39 is 11.7 Å². The normalized spacial score (nSPS) is 12.8. The lowest BCUT2D eigenvalue weighted by Crippen LogP contribution is -2.35. The predicted molar refractivity (Wildman–Crippen MR) is 96.2 cm³/mol. The number of rotatable bonds is 4. The van der Waals surface area contributed by atoms with Gasteiger partial charge in [-0.15, -0.1) is 0 Å². The highest BCUT2D eigenvalue weighted by molar-refractivity contribution is 6.00. The lowest BCUT2D eigenvalue weighted by atomic mass is 10.00. The van der Waals surface area contributed by atoms with Crippen LogP contribution in [0.1, 0.15) is 22.8 Å². The number of hydrogen-bond donors (Lipinski definition) is 2. The van der Waals surface area contributed by atoms with Crippen LogP contribution in [0.2, 0.25) is 0 Å². The van der Waals surface area contributed by atoms with Gasteiger partial charge in [0.25, 0.3) is 5.91 Å². The van der Waals surface area contributed by atoms with Crippen molar-refractivity contribution < 1.29 is 23.1 Å². The van der Waals surface area contributed by atoms with E-state index in [0.29, 0.717) is 27.6 Å². The first-order valence-electron chi connectivity index (χ1n) is 8.27. The highest BCUT2D eigenvalue weighted by Crippen LogP contribution is 2.32. The largest absolute Gasteiger partial charge is 0.416 e. The monoisotopic (exact) mass is 374 g/mol. The van der Waals surface area contributed by atoms with Crippen LogP contribution in [0.25, 0.3) is 22.0 Å². The Labute approximate surface area is 153 Å².